The average molecular weight is 371 g/mol. The van der Waals surface area contributed by atoms with E-state index in [0.717, 1.165) is 5.56 Å². The Morgan fingerprint density at radius 3 is 2.92 bits per heavy atom. The van der Waals surface area contributed by atoms with E-state index in [4.69, 9.17) is 4.74 Å². The number of aromatic hydroxyl groups is 1. The van der Waals surface area contributed by atoms with Crippen molar-refractivity contribution in [2.24, 2.45) is 0 Å². The van der Waals surface area contributed by atoms with Crippen molar-refractivity contribution in [3.05, 3.63) is 58.1 Å². The maximum atomic E-state index is 11.0. The summed E-state index contributed by atoms with van der Waals surface area (Å²) in [6.07, 6.45) is 0. The van der Waals surface area contributed by atoms with Crippen LogP contribution in [0.1, 0.15) is 10.9 Å². The smallest absolute Gasteiger partial charge is 0.270 e. The number of rotatable bonds is 4. The summed E-state index contributed by atoms with van der Waals surface area (Å²) in [5.41, 5.74) is 4.74. The number of fused-ring (bicyclic) bond motifs is 1. The van der Waals surface area contributed by atoms with Gasteiger partial charge in [-0.25, -0.2) is 4.68 Å². The third-order valence-electron chi connectivity index (χ3n) is 3.92. The molecule has 0 saturated heterocycles. The summed E-state index contributed by atoms with van der Waals surface area (Å²) in [4.78, 5) is 10.5. The highest BCUT2D eigenvalue weighted by atomic mass is 32.2. The average Bonchev–Trinajstić information content (AvgIpc) is 3.23. The van der Waals surface area contributed by atoms with Crippen LogP contribution in [0.5, 0.6) is 11.5 Å². The molecular formula is C16H13N5O4S. The van der Waals surface area contributed by atoms with E-state index >= 15 is 0 Å². The summed E-state index contributed by atoms with van der Waals surface area (Å²) >= 11 is 1.45. The fourth-order valence-corrected chi connectivity index (χ4v) is 3.64. The van der Waals surface area contributed by atoms with E-state index in [1.807, 2.05) is 0 Å². The molecule has 2 heterocycles. The van der Waals surface area contributed by atoms with Crippen molar-refractivity contribution in [3.63, 3.8) is 0 Å². The predicted molar refractivity (Wildman–Crippen MR) is 94.7 cm³/mol. The van der Waals surface area contributed by atoms with Crippen LogP contribution in [0.25, 0.3) is 11.4 Å². The van der Waals surface area contributed by atoms with Crippen molar-refractivity contribution in [1.82, 2.24) is 14.9 Å². The summed E-state index contributed by atoms with van der Waals surface area (Å²) in [7, 11) is 1.49. The number of hydrogen-bond acceptors (Lipinski definition) is 8. The molecule has 10 heteroatoms. The highest BCUT2D eigenvalue weighted by Crippen LogP contribution is 2.42. The number of ether oxygens (including phenoxy) is 1. The molecule has 1 aromatic heterocycles. The minimum Gasteiger partial charge on any atom is -0.504 e. The van der Waals surface area contributed by atoms with Crippen molar-refractivity contribution in [3.8, 4) is 22.9 Å². The zero-order chi connectivity index (χ0) is 18.3. The van der Waals surface area contributed by atoms with Crippen LogP contribution in [0.3, 0.4) is 0 Å². The lowest BCUT2D eigenvalue weighted by atomic mass is 10.2. The number of aromatic nitrogens is 3. The van der Waals surface area contributed by atoms with E-state index in [9.17, 15) is 15.2 Å². The standard InChI is InChI=1S/C16H13N5O4S/c1-25-13-8-10(5-6-12(13)22)15-19-20-14(17-18-16(20)26-15)9-3-2-4-11(7-9)21(23)24/h2-8,15,19,22H,1H3/t15-/m0/s1. The Bertz CT molecular complexity index is 1010. The molecule has 4 rings (SSSR count). The first-order chi connectivity index (χ1) is 12.6. The van der Waals surface area contributed by atoms with Gasteiger partial charge in [0.2, 0.25) is 5.16 Å². The molecule has 0 unspecified atom stereocenters. The van der Waals surface area contributed by atoms with Gasteiger partial charge in [-0.3, -0.25) is 10.1 Å². The molecule has 2 aromatic carbocycles. The number of phenols is 1. The number of thioether (sulfide) groups is 1. The molecule has 9 nitrogen and oxygen atoms in total. The molecular weight excluding hydrogens is 358 g/mol. The largest absolute Gasteiger partial charge is 0.504 e. The monoisotopic (exact) mass is 371 g/mol. The molecule has 3 aromatic rings. The van der Waals surface area contributed by atoms with Gasteiger partial charge in [-0.05, 0) is 17.7 Å². The number of nitro groups is 1. The molecule has 1 aliphatic rings. The Hall–Kier alpha value is -3.27. The van der Waals surface area contributed by atoms with Crippen LogP contribution in [0.4, 0.5) is 5.69 Å². The van der Waals surface area contributed by atoms with Crippen LogP contribution in [0.2, 0.25) is 0 Å². The van der Waals surface area contributed by atoms with Gasteiger partial charge in [0.15, 0.2) is 17.3 Å². The van der Waals surface area contributed by atoms with Gasteiger partial charge < -0.3 is 15.3 Å². The Labute approximate surface area is 151 Å². The van der Waals surface area contributed by atoms with Crippen molar-refractivity contribution in [2.45, 2.75) is 10.5 Å². The number of benzene rings is 2. The van der Waals surface area contributed by atoms with Gasteiger partial charge >= 0.3 is 0 Å². The van der Waals surface area contributed by atoms with Gasteiger partial charge in [-0.1, -0.05) is 30.0 Å². The maximum absolute atomic E-state index is 11.0. The topological polar surface area (TPSA) is 115 Å². The third kappa shape index (κ3) is 2.69. The van der Waals surface area contributed by atoms with Crippen LogP contribution in [-0.2, 0) is 0 Å². The molecule has 0 radical (unpaired) electrons. The molecule has 1 atom stereocenters. The number of nitrogens with one attached hydrogen (secondary N) is 1. The highest BCUT2D eigenvalue weighted by molar-refractivity contribution is 7.99. The quantitative estimate of drug-likeness (QED) is 0.531. The maximum Gasteiger partial charge on any atom is 0.270 e. The minimum absolute atomic E-state index is 0.00896. The molecule has 0 spiro atoms. The number of phenolic OH excluding ortho intramolecular Hbond substituents is 1. The van der Waals surface area contributed by atoms with Crippen molar-refractivity contribution >= 4 is 17.4 Å². The number of hydrogen-bond donors (Lipinski definition) is 2. The van der Waals surface area contributed by atoms with Crippen LogP contribution < -0.4 is 10.2 Å². The Morgan fingerprint density at radius 1 is 1.31 bits per heavy atom. The molecule has 1 aliphatic heterocycles. The van der Waals surface area contributed by atoms with Gasteiger partial charge in [-0.15, -0.1) is 10.2 Å². The molecule has 0 bridgehead atoms. The lowest BCUT2D eigenvalue weighted by Gasteiger charge is -2.13. The van der Waals surface area contributed by atoms with Gasteiger partial charge in [0.1, 0.15) is 5.37 Å². The lowest BCUT2D eigenvalue weighted by Crippen LogP contribution is -2.13. The predicted octanol–water partition coefficient (Wildman–Crippen LogP) is 2.92. The second kappa shape index (κ2) is 6.23. The Kier molecular flexibility index (Phi) is 3.88. The van der Waals surface area contributed by atoms with Crippen molar-refractivity contribution in [1.29, 1.82) is 0 Å². The first kappa shape index (κ1) is 16.2. The number of methoxy groups -OCH3 is 1. The first-order valence-electron chi connectivity index (χ1n) is 7.57. The second-order valence-electron chi connectivity index (χ2n) is 5.51. The third-order valence-corrected chi connectivity index (χ3v) is 5.01. The number of non-ortho nitro benzene ring substituents is 1. The molecule has 0 saturated carbocycles. The van der Waals surface area contributed by atoms with E-state index in [-0.39, 0.29) is 16.8 Å². The molecule has 132 valence electrons. The lowest BCUT2D eigenvalue weighted by molar-refractivity contribution is -0.384. The fourth-order valence-electron chi connectivity index (χ4n) is 2.66. The zero-order valence-corrected chi connectivity index (χ0v) is 14.3. The fraction of sp³-hybridized carbons (Fsp3) is 0.125. The second-order valence-corrected chi connectivity index (χ2v) is 6.58. The normalized spacial score (nSPS) is 15.3. The number of nitrogens with zero attached hydrogens (tertiary/aromatic N) is 4. The van der Waals surface area contributed by atoms with Gasteiger partial charge in [0.05, 0.1) is 12.0 Å². The molecule has 0 amide bonds. The Morgan fingerprint density at radius 2 is 2.15 bits per heavy atom. The van der Waals surface area contributed by atoms with Gasteiger partial charge in [0, 0.05) is 17.7 Å². The SMILES string of the molecule is COc1cc([C@H]2Nn3c(nnc3-c3cccc([N+](=O)[O-])c3)S2)ccc1O. The van der Waals surface area contributed by atoms with E-state index in [0.29, 0.717) is 22.3 Å². The molecule has 26 heavy (non-hydrogen) atoms. The minimum atomic E-state index is -0.446. The molecule has 0 aliphatic carbocycles. The van der Waals surface area contributed by atoms with Gasteiger partial charge in [0.25, 0.3) is 5.69 Å². The first-order valence-corrected chi connectivity index (χ1v) is 8.45. The summed E-state index contributed by atoms with van der Waals surface area (Å²) in [6.45, 7) is 0. The van der Waals surface area contributed by atoms with Gasteiger partial charge in [-0.2, -0.15) is 0 Å². The van der Waals surface area contributed by atoms with E-state index < -0.39 is 4.92 Å². The van der Waals surface area contributed by atoms with Crippen molar-refractivity contribution in [2.75, 3.05) is 12.5 Å². The summed E-state index contributed by atoms with van der Waals surface area (Å²) < 4.78 is 6.85. The summed E-state index contributed by atoms with van der Waals surface area (Å²) in [5, 5.41) is 29.5. The zero-order valence-electron chi connectivity index (χ0n) is 13.5. The number of nitro benzene ring substituents is 1. The molecule has 0 fully saturated rings. The summed E-state index contributed by atoms with van der Waals surface area (Å²) in [6, 6.07) is 11.3. The summed E-state index contributed by atoms with van der Waals surface area (Å²) in [5.74, 6) is 0.937. The van der Waals surface area contributed by atoms with Crippen molar-refractivity contribution < 1.29 is 14.8 Å². The van der Waals surface area contributed by atoms with E-state index in [2.05, 4.69) is 15.6 Å². The Balaban J connectivity index is 1.65. The van der Waals surface area contributed by atoms with Crippen LogP contribution >= 0.6 is 11.8 Å². The van der Waals surface area contributed by atoms with Crippen LogP contribution in [0, 0.1) is 10.1 Å². The molecule has 2 N–H and O–H groups in total. The van der Waals surface area contributed by atoms with Crippen LogP contribution in [0.15, 0.2) is 47.6 Å². The van der Waals surface area contributed by atoms with E-state index in [1.54, 1.807) is 35.0 Å². The van der Waals surface area contributed by atoms with E-state index in [1.165, 1.54) is 31.0 Å². The van der Waals surface area contributed by atoms with Crippen LogP contribution in [-0.4, -0.2) is 32.0 Å². The highest BCUT2D eigenvalue weighted by Gasteiger charge is 2.29.